The van der Waals surface area contributed by atoms with Crippen LogP contribution >= 0.6 is 0 Å². The highest BCUT2D eigenvalue weighted by atomic mass is 16.1. The zero-order valence-electron chi connectivity index (χ0n) is 17.3. The molecule has 0 bridgehead atoms. The molecule has 4 rings (SSSR count). The number of aryl methyl sites for hydroxylation is 2. The van der Waals surface area contributed by atoms with E-state index < -0.39 is 0 Å². The molecule has 4 aromatic rings. The highest BCUT2D eigenvalue weighted by Gasteiger charge is 2.11. The Labute approximate surface area is 179 Å². The number of nitrogens with zero attached hydrogens (tertiary/aromatic N) is 4. The van der Waals surface area contributed by atoms with Gasteiger partial charge in [-0.15, -0.1) is 0 Å². The molecule has 7 nitrogen and oxygen atoms in total. The van der Waals surface area contributed by atoms with Crippen LogP contribution in [0.2, 0.25) is 0 Å². The summed E-state index contributed by atoms with van der Waals surface area (Å²) in [5, 5.41) is 16.2. The Kier molecular flexibility index (Phi) is 5.37. The zero-order valence-corrected chi connectivity index (χ0v) is 17.3. The van der Waals surface area contributed by atoms with Gasteiger partial charge in [0, 0.05) is 36.6 Å². The van der Waals surface area contributed by atoms with Gasteiger partial charge >= 0.3 is 0 Å². The van der Waals surface area contributed by atoms with Gasteiger partial charge in [0.1, 0.15) is 5.52 Å². The number of nitriles is 1. The van der Waals surface area contributed by atoms with Gasteiger partial charge in [-0.25, -0.2) is 4.52 Å². The topological polar surface area (TPSA) is 92.2 Å². The standard InChI is InChI=1S/C24H21N5O2/c1-16-3-8-20(17(2)13-16)21-14-22-24(31)28(11-12-29(22)27-21)10-9-26-23(30)19-6-4-18(15-25)5-7-19/h3-8,11-14H,9-10H2,1-2H3,(H,26,30). The number of nitrogens with one attached hydrogen (secondary N) is 1. The Balaban J connectivity index is 1.49. The fraction of sp³-hybridized carbons (Fsp3) is 0.167. The summed E-state index contributed by atoms with van der Waals surface area (Å²) >= 11 is 0. The fourth-order valence-corrected chi connectivity index (χ4v) is 3.52. The summed E-state index contributed by atoms with van der Waals surface area (Å²) in [5.74, 6) is -0.250. The van der Waals surface area contributed by atoms with Crippen molar-refractivity contribution in [3.63, 3.8) is 0 Å². The zero-order chi connectivity index (χ0) is 22.0. The maximum atomic E-state index is 12.9. The first-order valence-electron chi connectivity index (χ1n) is 9.91. The predicted molar refractivity (Wildman–Crippen MR) is 118 cm³/mol. The largest absolute Gasteiger partial charge is 0.350 e. The molecule has 0 spiro atoms. The van der Waals surface area contributed by atoms with Gasteiger partial charge in [-0.05, 0) is 49.7 Å². The number of hydrogen-bond donors (Lipinski definition) is 1. The van der Waals surface area contributed by atoms with Crippen molar-refractivity contribution >= 4 is 11.4 Å². The average Bonchev–Trinajstić information content (AvgIpc) is 3.20. The van der Waals surface area contributed by atoms with Crippen LogP contribution in [0.15, 0.2) is 65.7 Å². The molecule has 0 aliphatic heterocycles. The second-order valence-electron chi connectivity index (χ2n) is 7.42. The molecule has 0 saturated carbocycles. The minimum absolute atomic E-state index is 0.168. The third-order valence-electron chi connectivity index (χ3n) is 5.18. The van der Waals surface area contributed by atoms with E-state index in [2.05, 4.69) is 16.5 Å². The molecule has 2 aromatic carbocycles. The SMILES string of the molecule is Cc1ccc(-c2cc3c(=O)n(CCNC(=O)c4ccc(C#N)cc4)ccn3n2)c(C)c1. The summed E-state index contributed by atoms with van der Waals surface area (Å²) in [6, 6.07) is 16.4. The van der Waals surface area contributed by atoms with E-state index in [1.807, 2.05) is 32.0 Å². The number of rotatable bonds is 5. The molecule has 154 valence electrons. The summed E-state index contributed by atoms with van der Waals surface area (Å²) < 4.78 is 3.14. The van der Waals surface area contributed by atoms with E-state index in [-0.39, 0.29) is 11.5 Å². The molecule has 0 unspecified atom stereocenters. The van der Waals surface area contributed by atoms with Gasteiger partial charge in [0.25, 0.3) is 11.5 Å². The molecule has 2 aromatic heterocycles. The molecule has 7 heteroatoms. The second-order valence-corrected chi connectivity index (χ2v) is 7.42. The third-order valence-corrected chi connectivity index (χ3v) is 5.18. The number of aromatic nitrogens is 3. The van der Waals surface area contributed by atoms with Crippen molar-refractivity contribution < 1.29 is 4.79 Å². The lowest BCUT2D eigenvalue weighted by molar-refractivity contribution is 0.0952. The smallest absolute Gasteiger partial charge is 0.276 e. The molecule has 0 aliphatic rings. The highest BCUT2D eigenvalue weighted by Crippen LogP contribution is 2.23. The first-order chi connectivity index (χ1) is 15.0. The number of fused-ring (bicyclic) bond motifs is 1. The van der Waals surface area contributed by atoms with Crippen LogP contribution in [-0.2, 0) is 6.54 Å². The maximum absolute atomic E-state index is 12.9. The highest BCUT2D eigenvalue weighted by molar-refractivity contribution is 5.94. The molecular weight excluding hydrogens is 390 g/mol. The van der Waals surface area contributed by atoms with Crippen LogP contribution in [0.25, 0.3) is 16.8 Å². The van der Waals surface area contributed by atoms with Gasteiger partial charge in [-0.2, -0.15) is 10.4 Å². The number of hydrogen-bond acceptors (Lipinski definition) is 4. The van der Waals surface area contributed by atoms with Crippen molar-refractivity contribution in [2.75, 3.05) is 6.54 Å². The van der Waals surface area contributed by atoms with Crippen molar-refractivity contribution in [3.8, 4) is 17.3 Å². The van der Waals surface area contributed by atoms with Crippen molar-refractivity contribution in [1.82, 2.24) is 19.5 Å². The fourth-order valence-electron chi connectivity index (χ4n) is 3.52. The molecule has 1 amide bonds. The lowest BCUT2D eigenvalue weighted by atomic mass is 10.0. The van der Waals surface area contributed by atoms with Crippen molar-refractivity contribution in [2.45, 2.75) is 20.4 Å². The monoisotopic (exact) mass is 411 g/mol. The van der Waals surface area contributed by atoms with E-state index >= 15 is 0 Å². The number of carbonyl (C=O) groups is 1. The lowest BCUT2D eigenvalue weighted by Gasteiger charge is -2.08. The van der Waals surface area contributed by atoms with Crippen molar-refractivity contribution in [3.05, 3.63) is 93.5 Å². The normalized spacial score (nSPS) is 10.7. The lowest BCUT2D eigenvalue weighted by Crippen LogP contribution is -2.31. The molecule has 0 saturated heterocycles. The van der Waals surface area contributed by atoms with E-state index in [1.165, 1.54) is 5.56 Å². The maximum Gasteiger partial charge on any atom is 0.276 e. The van der Waals surface area contributed by atoms with Gasteiger partial charge in [0.05, 0.1) is 17.3 Å². The molecule has 31 heavy (non-hydrogen) atoms. The van der Waals surface area contributed by atoms with Crippen molar-refractivity contribution in [1.29, 1.82) is 5.26 Å². The molecular formula is C24H21N5O2. The van der Waals surface area contributed by atoms with E-state index in [0.29, 0.717) is 29.7 Å². The third kappa shape index (κ3) is 4.09. The Morgan fingerprint density at radius 2 is 1.87 bits per heavy atom. The van der Waals surface area contributed by atoms with Crippen LogP contribution in [0, 0.1) is 25.2 Å². The first-order valence-corrected chi connectivity index (χ1v) is 9.91. The molecule has 0 radical (unpaired) electrons. The minimum atomic E-state index is -0.250. The van der Waals surface area contributed by atoms with Crippen LogP contribution in [0.5, 0.6) is 0 Å². The van der Waals surface area contributed by atoms with E-state index in [4.69, 9.17) is 5.26 Å². The van der Waals surface area contributed by atoms with Crippen LogP contribution in [0.4, 0.5) is 0 Å². The number of benzene rings is 2. The van der Waals surface area contributed by atoms with Crippen LogP contribution < -0.4 is 10.9 Å². The van der Waals surface area contributed by atoms with Crippen LogP contribution in [0.1, 0.15) is 27.0 Å². The van der Waals surface area contributed by atoms with Gasteiger partial charge in [0.2, 0.25) is 0 Å². The van der Waals surface area contributed by atoms with Crippen LogP contribution in [-0.4, -0.2) is 26.6 Å². The molecule has 1 N–H and O–H groups in total. The molecule has 0 fully saturated rings. The first kappa shape index (κ1) is 20.1. The van der Waals surface area contributed by atoms with Gasteiger partial charge < -0.3 is 9.88 Å². The summed E-state index contributed by atoms with van der Waals surface area (Å²) in [6.45, 7) is 4.70. The Morgan fingerprint density at radius 1 is 1.10 bits per heavy atom. The van der Waals surface area contributed by atoms with E-state index in [9.17, 15) is 9.59 Å². The molecule has 0 atom stereocenters. The molecule has 0 aliphatic carbocycles. The Bertz CT molecular complexity index is 1370. The average molecular weight is 411 g/mol. The quantitative estimate of drug-likeness (QED) is 0.546. The number of carbonyl (C=O) groups excluding carboxylic acids is 1. The van der Waals surface area contributed by atoms with Crippen LogP contribution in [0.3, 0.4) is 0 Å². The van der Waals surface area contributed by atoms with Gasteiger partial charge in [-0.1, -0.05) is 23.8 Å². The van der Waals surface area contributed by atoms with Gasteiger partial charge in [-0.3, -0.25) is 9.59 Å². The summed E-state index contributed by atoms with van der Waals surface area (Å²) in [6.07, 6.45) is 3.41. The predicted octanol–water partition coefficient (Wildman–Crippen LogP) is 3.08. The minimum Gasteiger partial charge on any atom is -0.350 e. The summed E-state index contributed by atoms with van der Waals surface area (Å²) in [5.41, 5.74) is 5.31. The Morgan fingerprint density at radius 3 is 2.58 bits per heavy atom. The second kappa shape index (κ2) is 8.28. The van der Waals surface area contributed by atoms with Gasteiger partial charge in [0.15, 0.2) is 0 Å². The molecule has 2 heterocycles. The summed E-state index contributed by atoms with van der Waals surface area (Å²) in [7, 11) is 0. The summed E-state index contributed by atoms with van der Waals surface area (Å²) in [4.78, 5) is 25.1. The van der Waals surface area contributed by atoms with E-state index in [0.717, 1.165) is 16.8 Å². The Hall–Kier alpha value is -4.18. The van der Waals surface area contributed by atoms with E-state index in [1.54, 1.807) is 51.8 Å². The number of amides is 1. The van der Waals surface area contributed by atoms with Crippen molar-refractivity contribution in [2.24, 2.45) is 0 Å².